The largest absolute Gasteiger partial charge is 0.445 e. The van der Waals surface area contributed by atoms with E-state index in [0.29, 0.717) is 5.92 Å². The van der Waals surface area contributed by atoms with E-state index in [2.05, 4.69) is 26.5 Å². The molecule has 1 aromatic rings. The number of ether oxygens (including phenoxy) is 2. The van der Waals surface area contributed by atoms with Crippen LogP contribution in [0.5, 0.6) is 11.5 Å². The molecule has 0 aliphatic carbocycles. The van der Waals surface area contributed by atoms with Crippen molar-refractivity contribution in [1.82, 2.24) is 0 Å². The smallest absolute Gasteiger partial charge is 0.268 e. The third-order valence-corrected chi connectivity index (χ3v) is 2.63. The van der Waals surface area contributed by atoms with Crippen LogP contribution in [0.1, 0.15) is 32.3 Å². The molecule has 1 aromatic carbocycles. The summed E-state index contributed by atoms with van der Waals surface area (Å²) in [6.45, 7) is 9.88. The second-order valence-electron chi connectivity index (χ2n) is 4.29. The molecule has 1 aliphatic rings. The first-order chi connectivity index (χ1) is 7.04. The number of rotatable bonds is 2. The highest BCUT2D eigenvalue weighted by atomic mass is 16.7. The zero-order valence-electron chi connectivity index (χ0n) is 9.41. The van der Waals surface area contributed by atoms with Gasteiger partial charge in [-0.2, -0.15) is 0 Å². The zero-order valence-corrected chi connectivity index (χ0v) is 9.41. The van der Waals surface area contributed by atoms with Gasteiger partial charge in [0.05, 0.1) is 0 Å². The Morgan fingerprint density at radius 2 is 1.93 bits per heavy atom. The maximum Gasteiger partial charge on any atom is 0.268 e. The first-order valence-corrected chi connectivity index (χ1v) is 5.19. The fourth-order valence-electron chi connectivity index (χ4n) is 1.59. The Balaban J connectivity index is 2.35. The minimum atomic E-state index is -0.710. The van der Waals surface area contributed by atoms with E-state index in [1.54, 1.807) is 6.08 Å². The van der Waals surface area contributed by atoms with Gasteiger partial charge in [-0.1, -0.05) is 26.5 Å². The summed E-state index contributed by atoms with van der Waals surface area (Å²) < 4.78 is 11.3. The molecule has 0 radical (unpaired) electrons. The Hall–Kier alpha value is -1.44. The Labute approximate surface area is 90.5 Å². The minimum absolute atomic E-state index is 0.495. The Morgan fingerprint density at radius 1 is 1.27 bits per heavy atom. The second kappa shape index (κ2) is 3.30. The van der Waals surface area contributed by atoms with Crippen LogP contribution < -0.4 is 9.47 Å². The lowest BCUT2D eigenvalue weighted by Gasteiger charge is -2.17. The highest BCUT2D eigenvalue weighted by Crippen LogP contribution is 2.41. The molecule has 1 heterocycles. The maximum atomic E-state index is 5.69. The average molecular weight is 204 g/mol. The Kier molecular flexibility index (Phi) is 2.22. The fourth-order valence-corrected chi connectivity index (χ4v) is 1.59. The van der Waals surface area contributed by atoms with Crippen molar-refractivity contribution in [2.75, 3.05) is 0 Å². The van der Waals surface area contributed by atoms with Gasteiger partial charge in [0, 0.05) is 6.92 Å². The third-order valence-electron chi connectivity index (χ3n) is 2.63. The van der Waals surface area contributed by atoms with Crippen molar-refractivity contribution < 1.29 is 9.47 Å². The summed E-state index contributed by atoms with van der Waals surface area (Å²) in [6, 6.07) is 6.07. The molecule has 1 aliphatic heterocycles. The molecule has 0 aromatic heterocycles. The lowest BCUT2D eigenvalue weighted by Crippen LogP contribution is -2.31. The molecule has 0 spiro atoms. The Bertz CT molecular complexity index is 396. The van der Waals surface area contributed by atoms with E-state index in [0.717, 1.165) is 11.5 Å². The van der Waals surface area contributed by atoms with Crippen molar-refractivity contribution >= 4 is 0 Å². The summed E-state index contributed by atoms with van der Waals surface area (Å²) in [7, 11) is 0. The zero-order chi connectivity index (χ0) is 11.1. The lowest BCUT2D eigenvalue weighted by molar-refractivity contribution is -0.0139. The minimum Gasteiger partial charge on any atom is -0.445 e. The van der Waals surface area contributed by atoms with Crippen LogP contribution in [-0.2, 0) is 0 Å². The van der Waals surface area contributed by atoms with Gasteiger partial charge in [0.25, 0.3) is 5.79 Å². The number of hydrogen-bond acceptors (Lipinski definition) is 2. The molecule has 0 fully saturated rings. The molecular weight excluding hydrogens is 188 g/mol. The molecule has 0 saturated heterocycles. The second-order valence-corrected chi connectivity index (χ2v) is 4.29. The monoisotopic (exact) mass is 204 g/mol. The summed E-state index contributed by atoms with van der Waals surface area (Å²) in [5, 5.41) is 0. The molecule has 0 amide bonds. The van der Waals surface area contributed by atoms with Gasteiger partial charge in [0.15, 0.2) is 11.5 Å². The number of fused-ring (bicyclic) bond motifs is 1. The van der Waals surface area contributed by atoms with Crippen LogP contribution in [0.4, 0.5) is 0 Å². The van der Waals surface area contributed by atoms with E-state index in [9.17, 15) is 0 Å². The maximum absolute atomic E-state index is 5.69. The molecule has 0 N–H and O–H groups in total. The predicted octanol–water partition coefficient (Wildman–Crippen LogP) is 3.48. The van der Waals surface area contributed by atoms with Gasteiger partial charge in [0.1, 0.15) is 0 Å². The van der Waals surface area contributed by atoms with Crippen LogP contribution in [0.3, 0.4) is 0 Å². The van der Waals surface area contributed by atoms with E-state index in [1.165, 1.54) is 5.56 Å². The van der Waals surface area contributed by atoms with Gasteiger partial charge < -0.3 is 9.47 Å². The van der Waals surface area contributed by atoms with E-state index < -0.39 is 5.79 Å². The van der Waals surface area contributed by atoms with Crippen molar-refractivity contribution in [3.05, 3.63) is 36.4 Å². The topological polar surface area (TPSA) is 18.5 Å². The summed E-state index contributed by atoms with van der Waals surface area (Å²) in [5.41, 5.74) is 1.26. The summed E-state index contributed by atoms with van der Waals surface area (Å²) in [4.78, 5) is 0. The van der Waals surface area contributed by atoms with E-state index in [-0.39, 0.29) is 0 Å². The van der Waals surface area contributed by atoms with Gasteiger partial charge in [0.2, 0.25) is 0 Å². The van der Waals surface area contributed by atoms with Crippen molar-refractivity contribution in [3.8, 4) is 11.5 Å². The van der Waals surface area contributed by atoms with Gasteiger partial charge in [-0.15, -0.1) is 0 Å². The first kappa shape index (κ1) is 10.1. The molecule has 80 valence electrons. The van der Waals surface area contributed by atoms with Crippen LogP contribution in [-0.4, -0.2) is 5.79 Å². The standard InChI is InChI=1S/C13H16O2/c1-5-13(4)14-11-7-6-10(9(2)3)8-12(11)15-13/h5-9H,1H2,2-4H3/t13-/m1/s1. The SMILES string of the molecule is C=C[C@]1(C)Oc2ccc(C(C)C)cc2O1. The normalized spacial score (nSPS) is 23.2. The Morgan fingerprint density at radius 3 is 2.53 bits per heavy atom. The summed E-state index contributed by atoms with van der Waals surface area (Å²) in [6.07, 6.45) is 1.67. The summed E-state index contributed by atoms with van der Waals surface area (Å²) >= 11 is 0. The van der Waals surface area contributed by atoms with Gasteiger partial charge >= 0.3 is 0 Å². The fraction of sp³-hybridized carbons (Fsp3) is 0.385. The molecule has 2 rings (SSSR count). The average Bonchev–Trinajstić information content (AvgIpc) is 2.53. The lowest BCUT2D eigenvalue weighted by atomic mass is 10.0. The van der Waals surface area contributed by atoms with Crippen LogP contribution >= 0.6 is 0 Å². The van der Waals surface area contributed by atoms with E-state index >= 15 is 0 Å². The molecule has 1 atom stereocenters. The van der Waals surface area contributed by atoms with Crippen molar-refractivity contribution in [3.63, 3.8) is 0 Å². The van der Waals surface area contributed by atoms with Crippen molar-refractivity contribution in [2.45, 2.75) is 32.5 Å². The molecule has 2 heteroatoms. The molecule has 0 unspecified atom stereocenters. The van der Waals surface area contributed by atoms with Crippen molar-refractivity contribution in [1.29, 1.82) is 0 Å². The van der Waals surface area contributed by atoms with Crippen LogP contribution in [0.2, 0.25) is 0 Å². The molecule has 2 nitrogen and oxygen atoms in total. The van der Waals surface area contributed by atoms with Gasteiger partial charge in [-0.05, 0) is 29.7 Å². The van der Waals surface area contributed by atoms with E-state index in [1.807, 2.05) is 19.1 Å². The van der Waals surface area contributed by atoms with Crippen LogP contribution in [0, 0.1) is 0 Å². The molecule has 0 saturated carbocycles. The molecular formula is C13H16O2. The third kappa shape index (κ3) is 1.72. The van der Waals surface area contributed by atoms with Crippen LogP contribution in [0.15, 0.2) is 30.9 Å². The summed E-state index contributed by atoms with van der Waals surface area (Å²) in [5.74, 6) is 1.39. The molecule has 0 bridgehead atoms. The van der Waals surface area contributed by atoms with E-state index in [4.69, 9.17) is 9.47 Å². The number of benzene rings is 1. The van der Waals surface area contributed by atoms with Gasteiger partial charge in [-0.25, -0.2) is 0 Å². The predicted molar refractivity (Wildman–Crippen MR) is 60.4 cm³/mol. The number of hydrogen-bond donors (Lipinski definition) is 0. The molecule has 15 heavy (non-hydrogen) atoms. The van der Waals surface area contributed by atoms with Crippen LogP contribution in [0.25, 0.3) is 0 Å². The van der Waals surface area contributed by atoms with Crippen molar-refractivity contribution in [2.24, 2.45) is 0 Å². The first-order valence-electron chi connectivity index (χ1n) is 5.19. The highest BCUT2D eigenvalue weighted by Gasteiger charge is 2.33. The highest BCUT2D eigenvalue weighted by molar-refractivity contribution is 5.47. The van der Waals surface area contributed by atoms with Gasteiger partial charge in [-0.3, -0.25) is 0 Å². The quantitative estimate of drug-likeness (QED) is 0.686.